The van der Waals surface area contributed by atoms with E-state index in [1.165, 1.54) is 0 Å². The van der Waals surface area contributed by atoms with Gasteiger partial charge in [0.15, 0.2) is 0 Å². The second kappa shape index (κ2) is 6.17. The molecule has 1 atom stereocenters. The molecule has 1 aromatic heterocycles. The minimum atomic E-state index is 0.111. The van der Waals surface area contributed by atoms with Gasteiger partial charge in [-0.05, 0) is 19.9 Å². The standard InChI is InChI=1S/C13H26N4/c1-5-13(3,11-14)17(6-2)9-7-12-15-8-10-16(12)4/h8,10H,5-7,9,11,14H2,1-4H3. The fraction of sp³-hybridized carbons (Fsp3) is 0.769. The van der Waals surface area contributed by atoms with Crippen LogP contribution in [-0.2, 0) is 13.5 Å². The van der Waals surface area contributed by atoms with Crippen LogP contribution >= 0.6 is 0 Å². The number of hydrogen-bond donors (Lipinski definition) is 1. The van der Waals surface area contributed by atoms with Crippen molar-refractivity contribution < 1.29 is 0 Å². The highest BCUT2D eigenvalue weighted by atomic mass is 15.2. The molecule has 0 saturated heterocycles. The summed E-state index contributed by atoms with van der Waals surface area (Å²) < 4.78 is 2.08. The van der Waals surface area contributed by atoms with Gasteiger partial charge in [0.05, 0.1) is 0 Å². The van der Waals surface area contributed by atoms with Gasteiger partial charge in [-0.1, -0.05) is 13.8 Å². The Balaban J connectivity index is 2.62. The Kier molecular flexibility index (Phi) is 5.15. The van der Waals surface area contributed by atoms with Crippen LogP contribution in [0.4, 0.5) is 0 Å². The van der Waals surface area contributed by atoms with Crippen molar-refractivity contribution in [2.75, 3.05) is 19.6 Å². The molecule has 1 heterocycles. The van der Waals surface area contributed by atoms with E-state index < -0.39 is 0 Å². The van der Waals surface area contributed by atoms with E-state index in [2.05, 4.69) is 35.2 Å². The molecule has 0 aliphatic heterocycles. The van der Waals surface area contributed by atoms with Gasteiger partial charge in [0, 0.05) is 44.5 Å². The molecule has 2 N–H and O–H groups in total. The van der Waals surface area contributed by atoms with E-state index >= 15 is 0 Å². The number of aromatic nitrogens is 2. The van der Waals surface area contributed by atoms with Crippen LogP contribution in [0.15, 0.2) is 12.4 Å². The van der Waals surface area contributed by atoms with E-state index in [1.807, 2.05) is 19.4 Å². The lowest BCUT2D eigenvalue weighted by molar-refractivity contribution is 0.113. The summed E-state index contributed by atoms with van der Waals surface area (Å²) in [4.78, 5) is 6.82. The maximum Gasteiger partial charge on any atom is 0.109 e. The summed E-state index contributed by atoms with van der Waals surface area (Å²) in [6, 6.07) is 0. The molecule has 0 radical (unpaired) electrons. The zero-order valence-electron chi connectivity index (χ0n) is 11.6. The molecule has 4 nitrogen and oxygen atoms in total. The number of imidazole rings is 1. The predicted molar refractivity (Wildman–Crippen MR) is 71.9 cm³/mol. The third kappa shape index (κ3) is 3.30. The second-order valence-corrected chi connectivity index (χ2v) is 4.84. The Labute approximate surface area is 105 Å². The zero-order valence-corrected chi connectivity index (χ0v) is 11.6. The number of aryl methyl sites for hydroxylation is 1. The monoisotopic (exact) mass is 238 g/mol. The van der Waals surface area contributed by atoms with Gasteiger partial charge < -0.3 is 10.3 Å². The molecule has 4 heteroatoms. The van der Waals surface area contributed by atoms with Crippen LogP contribution in [-0.4, -0.2) is 39.6 Å². The predicted octanol–water partition coefficient (Wildman–Crippen LogP) is 1.41. The maximum atomic E-state index is 5.91. The Morgan fingerprint density at radius 1 is 1.47 bits per heavy atom. The number of nitrogens with two attached hydrogens (primary N) is 1. The van der Waals surface area contributed by atoms with E-state index in [0.29, 0.717) is 6.54 Å². The summed E-state index contributed by atoms with van der Waals surface area (Å²) in [6.07, 6.45) is 5.91. The minimum Gasteiger partial charge on any atom is -0.338 e. The average molecular weight is 238 g/mol. The van der Waals surface area contributed by atoms with Crippen molar-refractivity contribution in [1.82, 2.24) is 14.5 Å². The first-order valence-electron chi connectivity index (χ1n) is 6.48. The maximum absolute atomic E-state index is 5.91. The fourth-order valence-corrected chi connectivity index (χ4v) is 2.18. The van der Waals surface area contributed by atoms with Gasteiger partial charge >= 0.3 is 0 Å². The molecule has 0 aromatic carbocycles. The lowest BCUT2D eigenvalue weighted by atomic mass is 9.96. The molecule has 1 unspecified atom stereocenters. The first kappa shape index (κ1) is 14.2. The van der Waals surface area contributed by atoms with Crippen LogP contribution in [0.25, 0.3) is 0 Å². The molecule has 17 heavy (non-hydrogen) atoms. The van der Waals surface area contributed by atoms with Crippen LogP contribution in [0.5, 0.6) is 0 Å². The van der Waals surface area contributed by atoms with Crippen molar-refractivity contribution in [1.29, 1.82) is 0 Å². The molecule has 1 aromatic rings. The normalized spacial score (nSPS) is 15.2. The second-order valence-electron chi connectivity index (χ2n) is 4.84. The SMILES string of the molecule is CCN(CCc1nccn1C)C(C)(CC)CN. The van der Waals surface area contributed by atoms with Crippen molar-refractivity contribution in [3.05, 3.63) is 18.2 Å². The van der Waals surface area contributed by atoms with Crippen molar-refractivity contribution in [3.63, 3.8) is 0 Å². The van der Waals surface area contributed by atoms with Crippen LogP contribution in [0.2, 0.25) is 0 Å². The Hall–Kier alpha value is -0.870. The zero-order chi connectivity index (χ0) is 12.9. The molecule has 1 rings (SSSR count). The summed E-state index contributed by atoms with van der Waals surface area (Å²) in [5.74, 6) is 1.14. The first-order chi connectivity index (χ1) is 8.07. The summed E-state index contributed by atoms with van der Waals surface area (Å²) in [7, 11) is 2.04. The highest BCUT2D eigenvalue weighted by Crippen LogP contribution is 2.18. The van der Waals surface area contributed by atoms with Crippen LogP contribution < -0.4 is 5.73 Å². The molecule has 0 aliphatic rings. The largest absolute Gasteiger partial charge is 0.338 e. The van der Waals surface area contributed by atoms with Crippen LogP contribution in [0.3, 0.4) is 0 Å². The summed E-state index contributed by atoms with van der Waals surface area (Å²) >= 11 is 0. The number of nitrogens with zero attached hydrogens (tertiary/aromatic N) is 3. The third-order valence-electron chi connectivity index (χ3n) is 3.87. The topological polar surface area (TPSA) is 47.1 Å². The molecule has 0 spiro atoms. The van der Waals surface area contributed by atoms with E-state index in [1.54, 1.807) is 0 Å². The van der Waals surface area contributed by atoms with Gasteiger partial charge in [0.1, 0.15) is 5.82 Å². The molecule has 0 saturated carbocycles. The van der Waals surface area contributed by atoms with Crippen molar-refractivity contribution in [3.8, 4) is 0 Å². The van der Waals surface area contributed by atoms with Crippen molar-refractivity contribution in [2.45, 2.75) is 39.2 Å². The van der Waals surface area contributed by atoms with Gasteiger partial charge in [0.25, 0.3) is 0 Å². The van der Waals surface area contributed by atoms with Gasteiger partial charge in [-0.25, -0.2) is 4.98 Å². The van der Waals surface area contributed by atoms with E-state index in [0.717, 1.165) is 31.8 Å². The highest BCUT2D eigenvalue weighted by Gasteiger charge is 2.27. The molecular weight excluding hydrogens is 212 g/mol. The summed E-state index contributed by atoms with van der Waals surface area (Å²) in [6.45, 7) is 9.40. The van der Waals surface area contributed by atoms with Crippen LogP contribution in [0, 0.1) is 0 Å². The smallest absolute Gasteiger partial charge is 0.109 e. The van der Waals surface area contributed by atoms with Crippen molar-refractivity contribution in [2.24, 2.45) is 12.8 Å². The molecule has 98 valence electrons. The molecular formula is C13H26N4. The van der Waals surface area contributed by atoms with Crippen LogP contribution in [0.1, 0.15) is 33.0 Å². The molecule has 0 fully saturated rings. The molecule has 0 amide bonds. The van der Waals surface area contributed by atoms with E-state index in [4.69, 9.17) is 5.73 Å². The summed E-state index contributed by atoms with van der Waals surface area (Å²) in [5.41, 5.74) is 6.02. The number of hydrogen-bond acceptors (Lipinski definition) is 3. The fourth-order valence-electron chi connectivity index (χ4n) is 2.18. The third-order valence-corrected chi connectivity index (χ3v) is 3.87. The highest BCUT2D eigenvalue weighted by molar-refractivity contribution is 4.94. The first-order valence-corrected chi connectivity index (χ1v) is 6.48. The van der Waals surface area contributed by atoms with Gasteiger partial charge in [0.2, 0.25) is 0 Å². The quantitative estimate of drug-likeness (QED) is 0.781. The minimum absolute atomic E-state index is 0.111. The van der Waals surface area contributed by atoms with E-state index in [9.17, 15) is 0 Å². The van der Waals surface area contributed by atoms with Gasteiger partial charge in [-0.3, -0.25) is 4.90 Å². The van der Waals surface area contributed by atoms with Gasteiger partial charge in [-0.2, -0.15) is 0 Å². The molecule has 0 aliphatic carbocycles. The average Bonchev–Trinajstić information content (AvgIpc) is 2.75. The van der Waals surface area contributed by atoms with Gasteiger partial charge in [-0.15, -0.1) is 0 Å². The number of likely N-dealkylation sites (N-methyl/N-ethyl adjacent to an activating group) is 1. The lowest BCUT2D eigenvalue weighted by Gasteiger charge is -2.39. The Morgan fingerprint density at radius 3 is 2.59 bits per heavy atom. The lowest BCUT2D eigenvalue weighted by Crippen LogP contribution is -2.51. The summed E-state index contributed by atoms with van der Waals surface area (Å²) in [5, 5.41) is 0. The van der Waals surface area contributed by atoms with Crippen molar-refractivity contribution >= 4 is 0 Å². The van der Waals surface area contributed by atoms with E-state index in [-0.39, 0.29) is 5.54 Å². The Morgan fingerprint density at radius 2 is 2.18 bits per heavy atom. The Bertz CT molecular complexity index is 328. The molecule has 0 bridgehead atoms. The number of rotatable bonds is 7.